The first-order chi connectivity index (χ1) is 15.3. The Morgan fingerprint density at radius 3 is 2.50 bits per heavy atom. The molecule has 168 valence electrons. The molecule has 0 amide bonds. The molecule has 0 spiro atoms. The second-order valence-corrected chi connectivity index (χ2v) is 9.09. The maximum absolute atomic E-state index is 9.32. The quantitative estimate of drug-likeness (QED) is 0.422. The van der Waals surface area contributed by atoms with E-state index in [0.29, 0.717) is 22.5 Å². The van der Waals surface area contributed by atoms with Crippen LogP contribution in [0.1, 0.15) is 37.5 Å². The number of ether oxygens (including phenoxy) is 2. The predicted octanol–water partition coefficient (Wildman–Crippen LogP) is 5.61. The average molecular weight is 451 g/mol. The van der Waals surface area contributed by atoms with Gasteiger partial charge in [0.05, 0.1) is 18.6 Å². The van der Waals surface area contributed by atoms with Crippen molar-refractivity contribution in [3.8, 4) is 34.1 Å². The van der Waals surface area contributed by atoms with Gasteiger partial charge < -0.3 is 14.4 Å². The van der Waals surface area contributed by atoms with E-state index in [1.54, 1.807) is 7.11 Å². The molecule has 0 atom stereocenters. The molecule has 0 aliphatic rings. The van der Waals surface area contributed by atoms with Crippen molar-refractivity contribution >= 4 is 11.5 Å². The number of rotatable bonds is 9. The Labute approximate surface area is 194 Å². The second-order valence-electron chi connectivity index (χ2n) is 8.38. The molecule has 0 radical (unpaired) electrons. The van der Waals surface area contributed by atoms with Crippen LogP contribution in [-0.2, 0) is 11.8 Å². The van der Waals surface area contributed by atoms with Gasteiger partial charge in [-0.25, -0.2) is 0 Å². The normalized spacial score (nSPS) is 11.4. The zero-order valence-electron chi connectivity index (χ0n) is 19.6. The van der Waals surface area contributed by atoms with E-state index < -0.39 is 5.41 Å². The molecule has 0 aliphatic heterocycles. The molecule has 2 aromatic carbocycles. The fourth-order valence-corrected chi connectivity index (χ4v) is 3.81. The Morgan fingerprint density at radius 1 is 1.16 bits per heavy atom. The number of aromatic nitrogens is 2. The summed E-state index contributed by atoms with van der Waals surface area (Å²) in [7, 11) is 3.77. The predicted molar refractivity (Wildman–Crippen MR) is 129 cm³/mol. The van der Waals surface area contributed by atoms with Gasteiger partial charge in [0.25, 0.3) is 5.19 Å². The van der Waals surface area contributed by atoms with Gasteiger partial charge in [0.2, 0.25) is 0 Å². The van der Waals surface area contributed by atoms with Crippen LogP contribution >= 0.6 is 11.5 Å². The molecule has 3 rings (SSSR count). The fourth-order valence-electron chi connectivity index (χ4n) is 3.24. The fraction of sp³-hybridized carbons (Fsp3) is 0.400. The van der Waals surface area contributed by atoms with Crippen molar-refractivity contribution in [2.45, 2.75) is 39.5 Å². The summed E-state index contributed by atoms with van der Waals surface area (Å²) >= 11 is 1.20. The van der Waals surface area contributed by atoms with Crippen LogP contribution in [0.3, 0.4) is 0 Å². The summed E-state index contributed by atoms with van der Waals surface area (Å²) in [6, 6.07) is 14.1. The van der Waals surface area contributed by atoms with E-state index in [1.807, 2.05) is 50.2 Å². The van der Waals surface area contributed by atoms with E-state index in [0.717, 1.165) is 36.2 Å². The van der Waals surface area contributed by atoms with Gasteiger partial charge in [-0.05, 0) is 69.6 Å². The first-order valence-corrected chi connectivity index (χ1v) is 11.4. The van der Waals surface area contributed by atoms with Gasteiger partial charge >= 0.3 is 0 Å². The van der Waals surface area contributed by atoms with Crippen LogP contribution in [0.15, 0.2) is 36.4 Å². The zero-order valence-corrected chi connectivity index (χ0v) is 20.4. The van der Waals surface area contributed by atoms with Gasteiger partial charge in [-0.15, -0.1) is 0 Å². The average Bonchev–Trinajstić information content (AvgIpc) is 3.26. The third-order valence-electron chi connectivity index (χ3n) is 5.67. The van der Waals surface area contributed by atoms with Crippen LogP contribution in [0.5, 0.6) is 16.7 Å². The highest BCUT2D eigenvalue weighted by atomic mass is 32.1. The molecule has 7 heteroatoms. The Bertz CT molecular complexity index is 1100. The molecule has 32 heavy (non-hydrogen) atoms. The Morgan fingerprint density at radius 2 is 1.88 bits per heavy atom. The summed E-state index contributed by atoms with van der Waals surface area (Å²) in [6.45, 7) is 10.1. The zero-order chi connectivity index (χ0) is 23.3. The van der Waals surface area contributed by atoms with E-state index in [-0.39, 0.29) is 0 Å². The summed E-state index contributed by atoms with van der Waals surface area (Å²) in [5.41, 5.74) is 3.71. The van der Waals surface area contributed by atoms with Gasteiger partial charge in [0.1, 0.15) is 0 Å². The van der Waals surface area contributed by atoms with Crippen molar-refractivity contribution in [1.82, 2.24) is 14.3 Å². The maximum Gasteiger partial charge on any atom is 0.299 e. The van der Waals surface area contributed by atoms with Crippen LogP contribution in [0, 0.1) is 18.3 Å². The Hall–Kier alpha value is -2.95. The second kappa shape index (κ2) is 10.1. The monoisotopic (exact) mass is 450 g/mol. The van der Waals surface area contributed by atoms with E-state index in [4.69, 9.17) is 9.47 Å². The largest absolute Gasteiger partial charge is 0.493 e. The summed E-state index contributed by atoms with van der Waals surface area (Å²) in [5.74, 6) is 1.91. The molecule has 0 bridgehead atoms. The van der Waals surface area contributed by atoms with Gasteiger partial charge in [0, 0.05) is 23.6 Å². The van der Waals surface area contributed by atoms with Crippen molar-refractivity contribution in [2.75, 3.05) is 27.2 Å². The number of benzene rings is 2. The summed E-state index contributed by atoms with van der Waals surface area (Å²) in [5, 5.41) is 9.78. The van der Waals surface area contributed by atoms with Gasteiger partial charge in [0.15, 0.2) is 17.3 Å². The van der Waals surface area contributed by atoms with Crippen molar-refractivity contribution in [1.29, 1.82) is 5.26 Å². The van der Waals surface area contributed by atoms with Gasteiger partial charge in [-0.1, -0.05) is 31.2 Å². The molecule has 0 saturated carbocycles. The van der Waals surface area contributed by atoms with Crippen LogP contribution in [0.25, 0.3) is 11.4 Å². The molecule has 1 aromatic heterocycles. The molecule has 0 fully saturated rings. The smallest absolute Gasteiger partial charge is 0.299 e. The molecular weight excluding hydrogens is 420 g/mol. The molecule has 1 heterocycles. The first kappa shape index (κ1) is 23.7. The number of hydrogen-bond donors (Lipinski definition) is 0. The number of nitriles is 1. The molecule has 3 aromatic rings. The minimum absolute atomic E-state index is 0.456. The number of likely N-dealkylation sites (N-methyl/N-ethyl adjacent to an activating group) is 1. The van der Waals surface area contributed by atoms with Crippen LogP contribution in [0.4, 0.5) is 0 Å². The van der Waals surface area contributed by atoms with Crippen molar-refractivity contribution < 1.29 is 9.47 Å². The van der Waals surface area contributed by atoms with Crippen LogP contribution in [0.2, 0.25) is 0 Å². The molecule has 0 saturated heterocycles. The molecular formula is C25H30N4O2S. The molecule has 0 N–H and O–H groups in total. The van der Waals surface area contributed by atoms with Crippen molar-refractivity contribution in [3.63, 3.8) is 0 Å². The Balaban J connectivity index is 1.77. The topological polar surface area (TPSA) is 71.3 Å². The van der Waals surface area contributed by atoms with Gasteiger partial charge in [-0.3, -0.25) is 0 Å². The van der Waals surface area contributed by atoms with E-state index in [1.165, 1.54) is 17.1 Å². The standard InChI is InChI=1S/C25H30N4O2S/c1-7-29(5)13-12-19-15-21(30-6)22(14-17(19)2)31-24-27-23(28-32-24)18-8-10-20(11-9-18)25(3,4)16-26/h8-11,14-15H,7,12-13H2,1-6H3. The van der Waals surface area contributed by atoms with E-state index in [9.17, 15) is 5.26 Å². The molecule has 0 aliphatic carbocycles. The van der Waals surface area contributed by atoms with Crippen molar-refractivity contribution in [2.24, 2.45) is 0 Å². The molecule has 6 nitrogen and oxygen atoms in total. The number of hydrogen-bond acceptors (Lipinski definition) is 7. The van der Waals surface area contributed by atoms with E-state index >= 15 is 0 Å². The highest BCUT2D eigenvalue weighted by Gasteiger charge is 2.20. The SMILES string of the molecule is CCN(C)CCc1cc(OC)c(Oc2nc(-c3ccc(C(C)(C)C#N)cc3)ns2)cc1C. The minimum Gasteiger partial charge on any atom is -0.493 e. The summed E-state index contributed by atoms with van der Waals surface area (Å²) in [6.07, 6.45) is 0.953. The third kappa shape index (κ3) is 5.45. The Kier molecular flexibility index (Phi) is 7.49. The summed E-state index contributed by atoms with van der Waals surface area (Å²) in [4.78, 5) is 6.83. The first-order valence-electron chi connectivity index (χ1n) is 10.7. The van der Waals surface area contributed by atoms with Crippen LogP contribution < -0.4 is 9.47 Å². The molecule has 0 unspecified atom stereocenters. The summed E-state index contributed by atoms with van der Waals surface area (Å²) < 4.78 is 16.1. The van der Waals surface area contributed by atoms with E-state index in [2.05, 4.69) is 41.2 Å². The number of methoxy groups -OCH3 is 1. The minimum atomic E-state index is -0.533. The maximum atomic E-state index is 9.32. The lowest BCUT2D eigenvalue weighted by Crippen LogP contribution is -2.20. The lowest BCUT2D eigenvalue weighted by Gasteiger charge is -2.16. The number of nitrogens with zero attached hydrogens (tertiary/aromatic N) is 4. The lowest BCUT2D eigenvalue weighted by atomic mass is 9.86. The van der Waals surface area contributed by atoms with Gasteiger partial charge in [-0.2, -0.15) is 14.6 Å². The highest BCUT2D eigenvalue weighted by molar-refractivity contribution is 7.07. The van der Waals surface area contributed by atoms with Crippen molar-refractivity contribution in [3.05, 3.63) is 53.1 Å². The lowest BCUT2D eigenvalue weighted by molar-refractivity contribution is 0.355. The number of aryl methyl sites for hydroxylation is 1. The highest BCUT2D eigenvalue weighted by Crippen LogP contribution is 2.36. The van der Waals surface area contributed by atoms with Crippen LogP contribution in [-0.4, -0.2) is 41.5 Å². The third-order valence-corrected chi connectivity index (χ3v) is 6.27.